The van der Waals surface area contributed by atoms with Crippen molar-refractivity contribution in [3.63, 3.8) is 0 Å². The van der Waals surface area contributed by atoms with E-state index in [0.717, 1.165) is 43.0 Å². The van der Waals surface area contributed by atoms with E-state index in [9.17, 15) is 0 Å². The van der Waals surface area contributed by atoms with Crippen molar-refractivity contribution in [1.82, 2.24) is 4.98 Å². The Labute approximate surface area is 125 Å². The first-order chi connectivity index (χ1) is 9.78. The molecule has 0 aliphatic carbocycles. The van der Waals surface area contributed by atoms with Gasteiger partial charge in [-0.25, -0.2) is 4.98 Å². The van der Waals surface area contributed by atoms with Crippen molar-refractivity contribution >= 4 is 17.4 Å². The Morgan fingerprint density at radius 1 is 1.05 bits per heavy atom. The average molecular weight is 287 g/mol. The van der Waals surface area contributed by atoms with Crippen LogP contribution in [0.1, 0.15) is 22.4 Å². The molecule has 1 aliphatic heterocycles. The summed E-state index contributed by atoms with van der Waals surface area (Å²) < 4.78 is 0. The van der Waals surface area contributed by atoms with Crippen LogP contribution in [-0.4, -0.2) is 18.1 Å². The lowest BCUT2D eigenvalue weighted by Gasteiger charge is -2.22. The fraction of sp³-hybridized carbons (Fsp3) is 0.353. The third-order valence-corrected chi connectivity index (χ3v) is 4.36. The molecule has 0 unspecified atom stereocenters. The third-order valence-electron chi connectivity index (χ3n) is 4.07. The third kappa shape index (κ3) is 2.66. The molecule has 0 bridgehead atoms. The number of benzene rings is 1. The molecular formula is C17H19ClN2. The molecule has 2 aromatic rings. The zero-order chi connectivity index (χ0) is 13.9. The molecule has 0 atom stereocenters. The number of halogens is 1. The van der Waals surface area contributed by atoms with E-state index < -0.39 is 0 Å². The molecule has 104 valence electrons. The van der Waals surface area contributed by atoms with Gasteiger partial charge in [0.15, 0.2) is 0 Å². The normalized spacial score (nSPS) is 14.8. The number of aryl methyl sites for hydroxylation is 1. The van der Waals surface area contributed by atoms with Gasteiger partial charge >= 0.3 is 0 Å². The zero-order valence-electron chi connectivity index (χ0n) is 11.8. The molecule has 0 saturated carbocycles. The van der Waals surface area contributed by atoms with Gasteiger partial charge in [-0.15, -0.1) is 11.6 Å². The number of pyridine rings is 1. The molecule has 2 heterocycles. The molecule has 0 amide bonds. The van der Waals surface area contributed by atoms with Crippen molar-refractivity contribution in [2.45, 2.75) is 25.6 Å². The molecular weight excluding hydrogens is 268 g/mol. The van der Waals surface area contributed by atoms with E-state index in [4.69, 9.17) is 16.6 Å². The summed E-state index contributed by atoms with van der Waals surface area (Å²) in [5, 5.41) is 0. The lowest BCUT2D eigenvalue weighted by Crippen LogP contribution is -2.27. The number of hydrogen-bond acceptors (Lipinski definition) is 2. The Bertz CT molecular complexity index is 583. The topological polar surface area (TPSA) is 16.1 Å². The van der Waals surface area contributed by atoms with Gasteiger partial charge in [0, 0.05) is 24.7 Å². The first-order valence-corrected chi connectivity index (χ1v) is 7.65. The SMILES string of the molecule is Cc1nc(N2CCc3ccccc3CC2)ccc1CCl. The van der Waals surface area contributed by atoms with Gasteiger partial charge in [-0.05, 0) is 42.5 Å². The first-order valence-electron chi connectivity index (χ1n) is 7.12. The van der Waals surface area contributed by atoms with Gasteiger partial charge in [0.05, 0.1) is 0 Å². The van der Waals surface area contributed by atoms with E-state index in [1.165, 1.54) is 11.1 Å². The van der Waals surface area contributed by atoms with Gasteiger partial charge in [-0.2, -0.15) is 0 Å². The van der Waals surface area contributed by atoms with Crippen molar-refractivity contribution in [3.05, 3.63) is 58.8 Å². The Kier molecular flexibility index (Phi) is 3.93. The largest absolute Gasteiger partial charge is 0.356 e. The van der Waals surface area contributed by atoms with Crippen LogP contribution in [-0.2, 0) is 18.7 Å². The van der Waals surface area contributed by atoms with Gasteiger partial charge in [0.25, 0.3) is 0 Å². The number of anilines is 1. The van der Waals surface area contributed by atoms with Crippen LogP contribution in [0.2, 0.25) is 0 Å². The second-order valence-electron chi connectivity index (χ2n) is 5.30. The fourth-order valence-electron chi connectivity index (χ4n) is 2.79. The highest BCUT2D eigenvalue weighted by molar-refractivity contribution is 6.17. The van der Waals surface area contributed by atoms with Gasteiger partial charge < -0.3 is 4.90 Å². The molecule has 20 heavy (non-hydrogen) atoms. The Balaban J connectivity index is 1.81. The molecule has 1 aliphatic rings. The monoisotopic (exact) mass is 286 g/mol. The van der Waals surface area contributed by atoms with Crippen LogP contribution >= 0.6 is 11.6 Å². The lowest BCUT2D eigenvalue weighted by molar-refractivity contribution is 0.787. The first kappa shape index (κ1) is 13.4. The minimum atomic E-state index is 0.532. The molecule has 3 heteroatoms. The molecule has 3 rings (SSSR count). The molecule has 0 N–H and O–H groups in total. The van der Waals surface area contributed by atoms with Gasteiger partial charge in [0.1, 0.15) is 5.82 Å². The highest BCUT2D eigenvalue weighted by Crippen LogP contribution is 2.21. The predicted molar refractivity (Wildman–Crippen MR) is 84.6 cm³/mol. The van der Waals surface area contributed by atoms with Crippen molar-refractivity contribution in [1.29, 1.82) is 0 Å². The van der Waals surface area contributed by atoms with E-state index >= 15 is 0 Å². The zero-order valence-corrected chi connectivity index (χ0v) is 12.5. The summed E-state index contributed by atoms with van der Waals surface area (Å²) in [7, 11) is 0. The van der Waals surface area contributed by atoms with Gasteiger partial charge in [-0.3, -0.25) is 0 Å². The molecule has 2 nitrogen and oxygen atoms in total. The van der Waals surface area contributed by atoms with Crippen molar-refractivity contribution < 1.29 is 0 Å². The van der Waals surface area contributed by atoms with Crippen LogP contribution in [0.4, 0.5) is 5.82 Å². The van der Waals surface area contributed by atoms with Crippen LogP contribution in [0.15, 0.2) is 36.4 Å². The predicted octanol–water partition coefficient (Wildman–Crippen LogP) is 3.73. The number of nitrogens with zero attached hydrogens (tertiary/aromatic N) is 2. The van der Waals surface area contributed by atoms with Crippen LogP contribution < -0.4 is 4.90 Å². The van der Waals surface area contributed by atoms with E-state index in [1.54, 1.807) is 0 Å². The number of hydrogen-bond donors (Lipinski definition) is 0. The van der Waals surface area contributed by atoms with E-state index in [0.29, 0.717) is 5.88 Å². The molecule has 0 fully saturated rings. The quantitative estimate of drug-likeness (QED) is 0.782. The highest BCUT2D eigenvalue weighted by atomic mass is 35.5. The highest BCUT2D eigenvalue weighted by Gasteiger charge is 2.15. The summed E-state index contributed by atoms with van der Waals surface area (Å²) in [6, 6.07) is 12.9. The molecule has 0 spiro atoms. The van der Waals surface area contributed by atoms with E-state index in [1.807, 2.05) is 6.92 Å². The van der Waals surface area contributed by atoms with Crippen LogP contribution in [0, 0.1) is 6.92 Å². The number of aromatic nitrogens is 1. The Morgan fingerprint density at radius 2 is 1.70 bits per heavy atom. The lowest BCUT2D eigenvalue weighted by atomic mass is 10.0. The van der Waals surface area contributed by atoms with Gasteiger partial charge in [0.2, 0.25) is 0 Å². The van der Waals surface area contributed by atoms with Crippen LogP contribution in [0.3, 0.4) is 0 Å². The minimum absolute atomic E-state index is 0.532. The number of fused-ring (bicyclic) bond motifs is 1. The van der Waals surface area contributed by atoms with E-state index in [-0.39, 0.29) is 0 Å². The smallest absolute Gasteiger partial charge is 0.128 e. The summed E-state index contributed by atoms with van der Waals surface area (Å²) in [6.45, 7) is 4.10. The molecule has 1 aromatic carbocycles. The summed E-state index contributed by atoms with van der Waals surface area (Å²) in [6.07, 6.45) is 2.18. The number of rotatable bonds is 2. The molecule has 0 radical (unpaired) electrons. The van der Waals surface area contributed by atoms with Gasteiger partial charge in [-0.1, -0.05) is 30.3 Å². The van der Waals surface area contributed by atoms with Crippen LogP contribution in [0.5, 0.6) is 0 Å². The maximum absolute atomic E-state index is 5.90. The summed E-state index contributed by atoms with van der Waals surface area (Å²) >= 11 is 5.90. The molecule has 0 saturated heterocycles. The molecule has 1 aromatic heterocycles. The summed E-state index contributed by atoms with van der Waals surface area (Å²) in [5.74, 6) is 1.61. The second-order valence-corrected chi connectivity index (χ2v) is 5.57. The van der Waals surface area contributed by atoms with Crippen molar-refractivity contribution in [2.75, 3.05) is 18.0 Å². The standard InChI is InChI=1S/C17H19ClN2/c1-13-16(12-18)6-7-17(19-13)20-10-8-14-4-2-3-5-15(14)9-11-20/h2-7H,8-12H2,1H3. The maximum atomic E-state index is 5.90. The van der Waals surface area contributed by atoms with Crippen LogP contribution in [0.25, 0.3) is 0 Å². The Hall–Kier alpha value is -1.54. The summed E-state index contributed by atoms with van der Waals surface area (Å²) in [4.78, 5) is 7.09. The number of alkyl halides is 1. The fourth-order valence-corrected chi connectivity index (χ4v) is 3.07. The second kappa shape index (κ2) is 5.84. The average Bonchev–Trinajstić information content (AvgIpc) is 2.70. The minimum Gasteiger partial charge on any atom is -0.356 e. The van der Waals surface area contributed by atoms with Crippen molar-refractivity contribution in [2.24, 2.45) is 0 Å². The Morgan fingerprint density at radius 3 is 2.25 bits per heavy atom. The summed E-state index contributed by atoms with van der Waals surface area (Å²) in [5.41, 5.74) is 5.11. The van der Waals surface area contributed by atoms with Crippen molar-refractivity contribution in [3.8, 4) is 0 Å². The maximum Gasteiger partial charge on any atom is 0.128 e. The van der Waals surface area contributed by atoms with E-state index in [2.05, 4.69) is 41.3 Å².